The van der Waals surface area contributed by atoms with Crippen LogP contribution in [0, 0.1) is 30.9 Å². The Bertz CT molecular complexity index is 371. The first-order chi connectivity index (χ1) is 7.74. The smallest absolute Gasteiger partial charge is 0.00278 e. The minimum Gasteiger partial charge on any atom is -0.306 e. The molecule has 2 unspecified atom stereocenters. The minimum atomic E-state index is 0.787. The molecule has 0 bridgehead atoms. The first-order valence-electron chi connectivity index (χ1n) is 6.31. The van der Waals surface area contributed by atoms with Crippen molar-refractivity contribution in [3.63, 3.8) is 0 Å². The fraction of sp³-hybridized carbons (Fsp3) is 0.600. The Labute approximate surface area is 98.5 Å². The zero-order valence-corrected chi connectivity index (χ0v) is 10.2. The lowest BCUT2D eigenvalue weighted by Gasteiger charge is -2.15. The summed E-state index contributed by atoms with van der Waals surface area (Å²) in [6.45, 7) is 4.79. The molecule has 1 aromatic carbocycles. The van der Waals surface area contributed by atoms with Gasteiger partial charge in [0.25, 0.3) is 0 Å². The van der Waals surface area contributed by atoms with Gasteiger partial charge >= 0.3 is 0 Å². The van der Waals surface area contributed by atoms with E-state index < -0.39 is 0 Å². The van der Waals surface area contributed by atoms with Gasteiger partial charge in [0.2, 0.25) is 0 Å². The van der Waals surface area contributed by atoms with Crippen LogP contribution in [-0.2, 0) is 0 Å². The number of likely N-dealkylation sites (tertiary alicyclic amines) is 1. The number of hydrogen-bond donors (Lipinski definition) is 0. The second kappa shape index (κ2) is 3.79. The monoisotopic (exact) mass is 213 g/mol. The van der Waals surface area contributed by atoms with Crippen molar-refractivity contribution >= 4 is 0 Å². The average Bonchev–Trinajstić information content (AvgIpc) is 2.75. The first kappa shape index (κ1) is 10.2. The van der Waals surface area contributed by atoms with E-state index >= 15 is 0 Å². The summed E-state index contributed by atoms with van der Waals surface area (Å²) in [6, 6.07) is 10.5. The van der Waals surface area contributed by atoms with Crippen LogP contribution in [0.1, 0.15) is 29.9 Å². The summed E-state index contributed by atoms with van der Waals surface area (Å²) < 4.78 is 0. The highest BCUT2D eigenvalue weighted by atomic mass is 15.1. The van der Waals surface area contributed by atoms with Gasteiger partial charge in [-0.3, -0.25) is 0 Å². The highest BCUT2D eigenvalue weighted by Crippen LogP contribution is 2.46. The molecule has 0 N–H and O–H groups in total. The highest BCUT2D eigenvalue weighted by molar-refractivity contribution is 5.27. The molecule has 1 saturated carbocycles. The molecule has 3 rings (SSSR count). The Morgan fingerprint density at radius 2 is 1.94 bits per heavy atom. The van der Waals surface area contributed by atoms with Crippen LogP contribution in [0.15, 0.2) is 12.1 Å². The molecule has 0 radical (unpaired) electrons. The van der Waals surface area contributed by atoms with Gasteiger partial charge in [-0.1, -0.05) is 12.1 Å². The summed E-state index contributed by atoms with van der Waals surface area (Å²) in [6.07, 6.45) is 2.77. The van der Waals surface area contributed by atoms with Gasteiger partial charge in [-0.05, 0) is 62.3 Å². The van der Waals surface area contributed by atoms with Gasteiger partial charge in [-0.25, -0.2) is 0 Å². The summed E-state index contributed by atoms with van der Waals surface area (Å²) >= 11 is 0. The van der Waals surface area contributed by atoms with E-state index in [0.29, 0.717) is 0 Å². The minimum absolute atomic E-state index is 0.787. The van der Waals surface area contributed by atoms with Crippen molar-refractivity contribution in [1.29, 1.82) is 0 Å². The molecule has 1 aliphatic heterocycles. The largest absolute Gasteiger partial charge is 0.306 e. The Kier molecular flexibility index (Phi) is 2.41. The molecule has 0 aromatic heterocycles. The third-order valence-electron chi connectivity index (χ3n) is 4.41. The van der Waals surface area contributed by atoms with E-state index in [1.165, 1.54) is 37.1 Å². The van der Waals surface area contributed by atoms with E-state index in [4.69, 9.17) is 0 Å². The van der Waals surface area contributed by atoms with Crippen LogP contribution >= 0.6 is 0 Å². The Morgan fingerprint density at radius 3 is 2.56 bits per heavy atom. The highest BCUT2D eigenvalue weighted by Gasteiger charge is 2.40. The summed E-state index contributed by atoms with van der Waals surface area (Å²) in [5.74, 6) is 2.67. The van der Waals surface area contributed by atoms with Gasteiger partial charge < -0.3 is 4.90 Å². The van der Waals surface area contributed by atoms with E-state index in [0.717, 1.165) is 17.8 Å². The lowest BCUT2D eigenvalue weighted by Crippen LogP contribution is -2.16. The fourth-order valence-corrected chi connectivity index (χ4v) is 3.71. The lowest BCUT2D eigenvalue weighted by atomic mass is 9.93. The van der Waals surface area contributed by atoms with E-state index in [1.54, 1.807) is 0 Å². The maximum absolute atomic E-state index is 3.22. The second-order valence-corrected chi connectivity index (χ2v) is 5.59. The normalized spacial score (nSPS) is 33.8. The van der Waals surface area contributed by atoms with Gasteiger partial charge in [-0.2, -0.15) is 0 Å². The van der Waals surface area contributed by atoms with Crippen LogP contribution < -0.4 is 0 Å². The second-order valence-electron chi connectivity index (χ2n) is 5.59. The van der Waals surface area contributed by atoms with Gasteiger partial charge in [0.1, 0.15) is 0 Å². The molecule has 2 atom stereocenters. The zero-order chi connectivity index (χ0) is 11.1. The lowest BCUT2D eigenvalue weighted by molar-refractivity contribution is 0.371. The van der Waals surface area contributed by atoms with Crippen molar-refractivity contribution in [3.8, 4) is 0 Å². The molecule has 1 aromatic rings. The Morgan fingerprint density at radius 1 is 1.25 bits per heavy atom. The summed E-state index contributed by atoms with van der Waals surface area (Å²) in [4.78, 5) is 2.49. The molecule has 0 spiro atoms. The maximum atomic E-state index is 3.22. The van der Waals surface area contributed by atoms with Gasteiger partial charge in [-0.15, -0.1) is 0 Å². The fourth-order valence-electron chi connectivity index (χ4n) is 3.71. The number of hydrogen-bond acceptors (Lipinski definition) is 1. The van der Waals surface area contributed by atoms with Crippen molar-refractivity contribution in [2.75, 3.05) is 20.1 Å². The molecule has 1 nitrogen and oxygen atoms in total. The van der Waals surface area contributed by atoms with Gasteiger partial charge in [0, 0.05) is 18.7 Å². The van der Waals surface area contributed by atoms with Gasteiger partial charge in [0.05, 0.1) is 0 Å². The number of rotatable bonds is 1. The third-order valence-corrected chi connectivity index (χ3v) is 4.41. The SMILES string of the molecule is Cc1c#cccc1C1CC2CN(C)CC2C1. The predicted octanol–water partition coefficient (Wildman–Crippen LogP) is 2.65. The molecule has 1 aliphatic carbocycles. The molecule has 0 amide bonds. The first-order valence-corrected chi connectivity index (χ1v) is 6.31. The van der Waals surface area contributed by atoms with Crippen molar-refractivity contribution < 1.29 is 0 Å². The number of fused-ring (bicyclic) bond motifs is 1. The maximum Gasteiger partial charge on any atom is 0.00278 e. The standard InChI is InChI=1S/C15H19N/c1-11-5-3-4-6-15(11)12-7-13-9-16(2)10-14(13)8-12/h4,6,12-14H,7-10H2,1-2H3. The topological polar surface area (TPSA) is 3.24 Å². The molecule has 16 heavy (non-hydrogen) atoms. The van der Waals surface area contributed by atoms with Crippen molar-refractivity contribution in [2.45, 2.75) is 25.7 Å². The van der Waals surface area contributed by atoms with Crippen molar-refractivity contribution in [1.82, 2.24) is 4.90 Å². The molecule has 1 heterocycles. The number of nitrogens with zero attached hydrogens (tertiary/aromatic N) is 1. The summed E-state index contributed by atoms with van der Waals surface area (Å²) in [5, 5.41) is 0. The molecular formula is C15H19N. The Hall–Kier alpha value is -1.00. The molecule has 1 heteroatoms. The van der Waals surface area contributed by atoms with Crippen LogP contribution in [0.25, 0.3) is 0 Å². The van der Waals surface area contributed by atoms with Crippen LogP contribution in [0.3, 0.4) is 0 Å². The van der Waals surface area contributed by atoms with Crippen LogP contribution in [0.4, 0.5) is 0 Å². The summed E-state index contributed by atoms with van der Waals surface area (Å²) in [5.41, 5.74) is 2.83. The van der Waals surface area contributed by atoms with Crippen molar-refractivity contribution in [2.24, 2.45) is 11.8 Å². The van der Waals surface area contributed by atoms with E-state index in [2.05, 4.69) is 37.1 Å². The molecular weight excluding hydrogens is 194 g/mol. The van der Waals surface area contributed by atoms with E-state index in [1.807, 2.05) is 6.07 Å². The van der Waals surface area contributed by atoms with Crippen LogP contribution in [0.2, 0.25) is 0 Å². The summed E-state index contributed by atoms with van der Waals surface area (Å²) in [7, 11) is 2.25. The Balaban J connectivity index is 1.78. The van der Waals surface area contributed by atoms with Gasteiger partial charge in [0.15, 0.2) is 0 Å². The third kappa shape index (κ3) is 1.62. The van der Waals surface area contributed by atoms with Crippen molar-refractivity contribution in [3.05, 3.63) is 35.4 Å². The molecule has 2 aliphatic rings. The van der Waals surface area contributed by atoms with E-state index in [9.17, 15) is 0 Å². The van der Waals surface area contributed by atoms with Crippen LogP contribution in [0.5, 0.6) is 0 Å². The molecule has 2 fully saturated rings. The van der Waals surface area contributed by atoms with Crippen LogP contribution in [-0.4, -0.2) is 25.0 Å². The molecule has 1 saturated heterocycles. The molecule has 84 valence electrons. The quantitative estimate of drug-likeness (QED) is 0.693. The predicted molar refractivity (Wildman–Crippen MR) is 65.3 cm³/mol. The average molecular weight is 213 g/mol. The zero-order valence-electron chi connectivity index (χ0n) is 10.2. The van der Waals surface area contributed by atoms with E-state index in [-0.39, 0.29) is 0 Å².